The number of nitrogen functional groups attached to an aromatic ring is 2. The highest BCUT2D eigenvalue weighted by Gasteiger charge is 2.10. The van der Waals surface area contributed by atoms with Crippen LogP contribution in [0.15, 0.2) is 12.1 Å². The zero-order chi connectivity index (χ0) is 10.0. The van der Waals surface area contributed by atoms with Crippen molar-refractivity contribution in [2.75, 3.05) is 5.73 Å². The number of hydrazine groups is 1. The number of nitrogens with one attached hydrogen (secondary N) is 1. The van der Waals surface area contributed by atoms with Gasteiger partial charge in [0.15, 0.2) is 0 Å². The predicted octanol–water partition coefficient (Wildman–Crippen LogP) is 0.489. The highest BCUT2D eigenvalue weighted by atomic mass is 16.2. The molecule has 0 saturated carbocycles. The summed E-state index contributed by atoms with van der Waals surface area (Å²) in [4.78, 5) is 11.2. The number of hydrogen-bond acceptors (Lipinski definition) is 3. The van der Waals surface area contributed by atoms with Gasteiger partial charge in [0.05, 0.1) is 5.56 Å². The third-order valence-electron chi connectivity index (χ3n) is 2.16. The zero-order valence-corrected chi connectivity index (χ0v) is 7.72. The molecule has 0 heterocycles. The molecule has 1 amide bonds. The first-order chi connectivity index (χ1) is 6.07. The molecule has 0 saturated heterocycles. The number of nitrogens with two attached hydrogens (primary N) is 2. The van der Waals surface area contributed by atoms with E-state index in [0.29, 0.717) is 11.3 Å². The van der Waals surface area contributed by atoms with Crippen molar-refractivity contribution in [3.8, 4) is 0 Å². The number of rotatable bonds is 1. The average molecular weight is 179 g/mol. The van der Waals surface area contributed by atoms with Gasteiger partial charge in [0.2, 0.25) is 0 Å². The van der Waals surface area contributed by atoms with Crippen LogP contribution in [0, 0.1) is 13.8 Å². The van der Waals surface area contributed by atoms with Gasteiger partial charge in [-0.25, -0.2) is 5.84 Å². The molecule has 5 N–H and O–H groups in total. The molecule has 0 bridgehead atoms. The number of carbonyl (C=O) groups is 1. The Morgan fingerprint density at radius 3 is 2.54 bits per heavy atom. The predicted molar refractivity (Wildman–Crippen MR) is 52.0 cm³/mol. The van der Waals surface area contributed by atoms with Gasteiger partial charge in [0, 0.05) is 5.69 Å². The fraction of sp³-hybridized carbons (Fsp3) is 0.222. The van der Waals surface area contributed by atoms with Crippen LogP contribution in [0.4, 0.5) is 5.69 Å². The van der Waals surface area contributed by atoms with Crippen molar-refractivity contribution in [3.63, 3.8) is 0 Å². The largest absolute Gasteiger partial charge is 0.398 e. The van der Waals surface area contributed by atoms with Crippen LogP contribution in [0.2, 0.25) is 0 Å². The maximum absolute atomic E-state index is 11.2. The number of hydrogen-bond donors (Lipinski definition) is 3. The SMILES string of the molecule is Cc1ccc(C(=O)NN)c(N)c1C. The summed E-state index contributed by atoms with van der Waals surface area (Å²) in [5.41, 5.74) is 10.7. The molecule has 13 heavy (non-hydrogen) atoms. The Morgan fingerprint density at radius 1 is 1.38 bits per heavy atom. The molecule has 0 aliphatic rings. The van der Waals surface area contributed by atoms with Gasteiger partial charge in [0.25, 0.3) is 5.91 Å². The van der Waals surface area contributed by atoms with Gasteiger partial charge in [0.1, 0.15) is 0 Å². The van der Waals surface area contributed by atoms with E-state index in [1.807, 2.05) is 25.3 Å². The Morgan fingerprint density at radius 2 is 2.00 bits per heavy atom. The van der Waals surface area contributed by atoms with E-state index in [1.165, 1.54) is 0 Å². The van der Waals surface area contributed by atoms with E-state index < -0.39 is 0 Å². The van der Waals surface area contributed by atoms with Crippen LogP contribution in [-0.4, -0.2) is 5.91 Å². The minimum absolute atomic E-state index is 0.361. The van der Waals surface area contributed by atoms with E-state index in [-0.39, 0.29) is 5.91 Å². The van der Waals surface area contributed by atoms with Gasteiger partial charge in [-0.05, 0) is 31.0 Å². The second-order valence-corrected chi connectivity index (χ2v) is 2.94. The first kappa shape index (κ1) is 9.54. The molecule has 0 spiro atoms. The Labute approximate surface area is 76.9 Å². The van der Waals surface area contributed by atoms with Gasteiger partial charge in [-0.1, -0.05) is 6.07 Å². The summed E-state index contributed by atoms with van der Waals surface area (Å²) in [6.07, 6.45) is 0. The van der Waals surface area contributed by atoms with Crippen molar-refractivity contribution in [2.24, 2.45) is 5.84 Å². The van der Waals surface area contributed by atoms with Gasteiger partial charge in [-0.15, -0.1) is 0 Å². The first-order valence-electron chi connectivity index (χ1n) is 3.94. The van der Waals surface area contributed by atoms with Crippen molar-refractivity contribution >= 4 is 11.6 Å². The third kappa shape index (κ3) is 1.62. The molecule has 0 aromatic heterocycles. The molecule has 0 fully saturated rings. The second-order valence-electron chi connectivity index (χ2n) is 2.94. The number of benzene rings is 1. The lowest BCUT2D eigenvalue weighted by molar-refractivity contribution is 0.0954. The summed E-state index contributed by atoms with van der Waals surface area (Å²) in [6.45, 7) is 3.81. The molecular formula is C9H13N3O. The number of anilines is 1. The molecule has 1 aromatic rings. The first-order valence-corrected chi connectivity index (χ1v) is 3.94. The van der Waals surface area contributed by atoms with E-state index in [0.717, 1.165) is 11.1 Å². The molecule has 4 nitrogen and oxygen atoms in total. The van der Waals surface area contributed by atoms with Crippen molar-refractivity contribution in [1.82, 2.24) is 5.43 Å². The van der Waals surface area contributed by atoms with Crippen LogP contribution in [-0.2, 0) is 0 Å². The molecule has 0 unspecified atom stereocenters. The highest BCUT2D eigenvalue weighted by Crippen LogP contribution is 2.19. The summed E-state index contributed by atoms with van der Waals surface area (Å²) in [7, 11) is 0. The maximum atomic E-state index is 11.2. The van der Waals surface area contributed by atoms with Crippen LogP contribution in [0.3, 0.4) is 0 Å². The van der Waals surface area contributed by atoms with E-state index in [2.05, 4.69) is 0 Å². The molecule has 70 valence electrons. The lowest BCUT2D eigenvalue weighted by Gasteiger charge is -2.08. The zero-order valence-electron chi connectivity index (χ0n) is 7.72. The quantitative estimate of drug-likeness (QED) is 0.254. The van der Waals surface area contributed by atoms with Crippen molar-refractivity contribution in [3.05, 3.63) is 28.8 Å². The summed E-state index contributed by atoms with van der Waals surface area (Å²) in [6, 6.07) is 3.51. The van der Waals surface area contributed by atoms with Crippen LogP contribution in [0.1, 0.15) is 21.5 Å². The maximum Gasteiger partial charge on any atom is 0.267 e. The van der Waals surface area contributed by atoms with E-state index in [9.17, 15) is 4.79 Å². The molecule has 0 aliphatic heterocycles. The lowest BCUT2D eigenvalue weighted by atomic mass is 10.0. The molecular weight excluding hydrogens is 166 g/mol. The van der Waals surface area contributed by atoms with Crippen molar-refractivity contribution in [1.29, 1.82) is 0 Å². The summed E-state index contributed by atoms with van der Waals surface area (Å²) in [5.74, 6) is 4.65. The fourth-order valence-corrected chi connectivity index (χ4v) is 1.11. The monoisotopic (exact) mass is 179 g/mol. The van der Waals surface area contributed by atoms with Gasteiger partial charge < -0.3 is 5.73 Å². The molecule has 0 atom stereocenters. The fourth-order valence-electron chi connectivity index (χ4n) is 1.11. The summed E-state index contributed by atoms with van der Waals surface area (Å²) >= 11 is 0. The highest BCUT2D eigenvalue weighted by molar-refractivity contribution is 5.99. The Kier molecular flexibility index (Phi) is 2.53. The average Bonchev–Trinajstić information content (AvgIpc) is 2.13. The van der Waals surface area contributed by atoms with E-state index >= 15 is 0 Å². The topological polar surface area (TPSA) is 81.1 Å². The number of amides is 1. The Hall–Kier alpha value is -1.55. The number of carbonyl (C=O) groups excluding carboxylic acids is 1. The third-order valence-corrected chi connectivity index (χ3v) is 2.16. The molecule has 0 radical (unpaired) electrons. The van der Waals surface area contributed by atoms with Crippen LogP contribution >= 0.6 is 0 Å². The van der Waals surface area contributed by atoms with Crippen molar-refractivity contribution < 1.29 is 4.79 Å². The van der Waals surface area contributed by atoms with E-state index in [1.54, 1.807) is 6.07 Å². The molecule has 1 aromatic carbocycles. The van der Waals surface area contributed by atoms with Gasteiger partial charge >= 0.3 is 0 Å². The molecule has 4 heteroatoms. The standard InChI is InChI=1S/C9H13N3O/c1-5-3-4-7(9(13)12-11)8(10)6(5)2/h3-4H,10-11H2,1-2H3,(H,12,13). The molecule has 0 aliphatic carbocycles. The summed E-state index contributed by atoms with van der Waals surface area (Å²) < 4.78 is 0. The number of aryl methyl sites for hydroxylation is 1. The second kappa shape index (κ2) is 3.45. The van der Waals surface area contributed by atoms with E-state index in [4.69, 9.17) is 11.6 Å². The Bertz CT molecular complexity index is 347. The van der Waals surface area contributed by atoms with Crippen molar-refractivity contribution in [2.45, 2.75) is 13.8 Å². The smallest absolute Gasteiger partial charge is 0.267 e. The normalized spacial score (nSPS) is 9.77. The van der Waals surface area contributed by atoms with Crippen LogP contribution < -0.4 is 17.0 Å². The molecule has 1 rings (SSSR count). The van der Waals surface area contributed by atoms with Crippen LogP contribution in [0.5, 0.6) is 0 Å². The van der Waals surface area contributed by atoms with Gasteiger partial charge in [-0.3, -0.25) is 10.2 Å². The van der Waals surface area contributed by atoms with Crippen LogP contribution in [0.25, 0.3) is 0 Å². The Balaban J connectivity index is 3.26. The minimum atomic E-state index is -0.361. The lowest BCUT2D eigenvalue weighted by Crippen LogP contribution is -2.30. The minimum Gasteiger partial charge on any atom is -0.398 e. The van der Waals surface area contributed by atoms with Gasteiger partial charge in [-0.2, -0.15) is 0 Å². The summed E-state index contributed by atoms with van der Waals surface area (Å²) in [5, 5.41) is 0.